The molecule has 0 fully saturated rings. The number of anilines is 2. The van der Waals surface area contributed by atoms with E-state index in [4.69, 9.17) is 10.4 Å². The van der Waals surface area contributed by atoms with Crippen LogP contribution in [0.2, 0.25) is 0 Å². The average Bonchev–Trinajstić information content (AvgIpc) is 3.29. The predicted octanol–water partition coefficient (Wildman–Crippen LogP) is 6.16. The molecule has 1 radical (unpaired) electrons. The topological polar surface area (TPSA) is 29.7 Å². The first-order chi connectivity index (χ1) is 13.4. The van der Waals surface area contributed by atoms with Gasteiger partial charge in [-0.3, -0.25) is 0 Å². The highest BCUT2D eigenvalue weighted by Crippen LogP contribution is 2.40. The van der Waals surface area contributed by atoms with Gasteiger partial charge in [0.15, 0.2) is 5.84 Å². The molecular weight excluding hydrogens is 350 g/mol. The van der Waals surface area contributed by atoms with Gasteiger partial charge in [0, 0.05) is 10.4 Å². The van der Waals surface area contributed by atoms with Gasteiger partial charge in [0.1, 0.15) is 0 Å². The molecule has 2 heterocycles. The molecule has 4 aromatic rings. The van der Waals surface area contributed by atoms with Gasteiger partial charge in [-0.2, -0.15) is 0 Å². The van der Waals surface area contributed by atoms with E-state index in [2.05, 4.69) is 47.8 Å². The van der Waals surface area contributed by atoms with Gasteiger partial charge in [-0.25, -0.2) is 10.0 Å². The number of rotatable bonds is 3. The Bertz CT molecular complexity index is 1090. The molecule has 0 aliphatic carbocycles. The first-order valence-electron chi connectivity index (χ1n) is 8.77. The second kappa shape index (κ2) is 6.74. The Kier molecular flexibility index (Phi) is 3.96. The van der Waals surface area contributed by atoms with Gasteiger partial charge in [0.2, 0.25) is 0 Å². The van der Waals surface area contributed by atoms with Gasteiger partial charge in [0.25, 0.3) is 0 Å². The van der Waals surface area contributed by atoms with E-state index in [1.54, 1.807) is 11.3 Å². The highest BCUT2D eigenvalue weighted by atomic mass is 32.1. The molecular formula is C23H16N3S. The Morgan fingerprint density at radius 1 is 0.704 bits per heavy atom. The van der Waals surface area contributed by atoms with Crippen LogP contribution in [0.4, 0.5) is 17.1 Å². The molecule has 3 nitrogen and oxygen atoms in total. The second-order valence-electron chi connectivity index (χ2n) is 6.23. The summed E-state index contributed by atoms with van der Waals surface area (Å²) in [5.74, 6) is 0.718. The van der Waals surface area contributed by atoms with Crippen molar-refractivity contribution in [3.05, 3.63) is 102 Å². The Hall–Kier alpha value is -3.37. The molecule has 0 N–H and O–H groups in total. The van der Waals surface area contributed by atoms with E-state index in [0.29, 0.717) is 0 Å². The Morgan fingerprint density at radius 2 is 1.48 bits per heavy atom. The van der Waals surface area contributed by atoms with Crippen LogP contribution in [0.1, 0.15) is 5.56 Å². The summed E-state index contributed by atoms with van der Waals surface area (Å²) in [6.07, 6.45) is 0. The molecule has 1 aliphatic heterocycles. The highest BCUT2D eigenvalue weighted by Gasteiger charge is 2.24. The van der Waals surface area contributed by atoms with E-state index >= 15 is 0 Å². The number of para-hydroxylation sites is 1. The van der Waals surface area contributed by atoms with Crippen LogP contribution < -0.4 is 10.4 Å². The van der Waals surface area contributed by atoms with Gasteiger partial charge in [-0.05, 0) is 41.3 Å². The lowest BCUT2D eigenvalue weighted by atomic mass is 10.1. The van der Waals surface area contributed by atoms with Crippen LogP contribution in [-0.4, -0.2) is 5.84 Å². The normalized spacial score (nSPS) is 12.9. The van der Waals surface area contributed by atoms with Gasteiger partial charge < -0.3 is 0 Å². The molecule has 1 aliphatic rings. The maximum Gasteiger partial charge on any atom is 0.180 e. The fourth-order valence-corrected chi connectivity index (χ4v) is 3.87. The van der Waals surface area contributed by atoms with E-state index < -0.39 is 0 Å². The summed E-state index contributed by atoms with van der Waals surface area (Å²) in [6.45, 7) is 0. The third-order valence-electron chi connectivity index (χ3n) is 4.46. The van der Waals surface area contributed by atoms with Crippen molar-refractivity contribution in [3.63, 3.8) is 0 Å². The van der Waals surface area contributed by atoms with Crippen LogP contribution in [0.3, 0.4) is 0 Å². The van der Waals surface area contributed by atoms with Crippen LogP contribution in [0.25, 0.3) is 10.4 Å². The smallest absolute Gasteiger partial charge is 0.180 e. The third kappa shape index (κ3) is 3.00. The van der Waals surface area contributed by atoms with Crippen molar-refractivity contribution in [2.45, 2.75) is 0 Å². The summed E-state index contributed by atoms with van der Waals surface area (Å²) in [6, 6.07) is 30.9. The maximum absolute atomic E-state index is 4.87. The van der Waals surface area contributed by atoms with Crippen molar-refractivity contribution in [1.82, 2.24) is 5.43 Å². The Labute approximate surface area is 162 Å². The van der Waals surface area contributed by atoms with E-state index in [1.165, 1.54) is 10.4 Å². The molecule has 129 valence electrons. The van der Waals surface area contributed by atoms with E-state index in [9.17, 15) is 0 Å². The molecule has 0 unspecified atom stereocenters. The van der Waals surface area contributed by atoms with Crippen molar-refractivity contribution in [1.29, 1.82) is 0 Å². The number of aliphatic imine (C=N–C) groups is 1. The predicted molar refractivity (Wildman–Crippen MR) is 113 cm³/mol. The molecule has 0 atom stereocenters. The number of benzene rings is 3. The first kappa shape index (κ1) is 15.9. The van der Waals surface area contributed by atoms with Gasteiger partial charge in [-0.15, -0.1) is 16.8 Å². The van der Waals surface area contributed by atoms with Crippen molar-refractivity contribution in [3.8, 4) is 10.4 Å². The van der Waals surface area contributed by atoms with Gasteiger partial charge in [0.05, 0.1) is 17.1 Å². The molecule has 3 aromatic carbocycles. The molecule has 0 saturated carbocycles. The summed E-state index contributed by atoms with van der Waals surface area (Å²) < 4.78 is 0. The van der Waals surface area contributed by atoms with E-state index in [-0.39, 0.29) is 0 Å². The average molecular weight is 366 g/mol. The van der Waals surface area contributed by atoms with Crippen molar-refractivity contribution >= 4 is 34.2 Å². The van der Waals surface area contributed by atoms with Crippen LogP contribution in [0, 0.1) is 0 Å². The van der Waals surface area contributed by atoms with Crippen LogP contribution in [0.5, 0.6) is 0 Å². The number of fused-ring (bicyclic) bond motifs is 1. The standard InChI is InChI=1S/C23H16N3S/c1-3-8-17(9-4-1)23-24-20-14-13-18(22-12-7-15-27-22)16-21(20)26(25-23)19-10-5-2-6-11-19/h1-16H. The van der Waals surface area contributed by atoms with Crippen LogP contribution in [0.15, 0.2) is 101 Å². The number of nitrogens with zero attached hydrogens (tertiary/aromatic N) is 3. The SMILES string of the molecule is c1ccc(C2=Nc3ccc(-c4cccs4)cc3N(c3ccccc3)[N]2)cc1. The fourth-order valence-electron chi connectivity index (χ4n) is 3.14. The lowest BCUT2D eigenvalue weighted by Gasteiger charge is -2.29. The van der Waals surface area contributed by atoms with Crippen LogP contribution >= 0.6 is 11.3 Å². The third-order valence-corrected chi connectivity index (χ3v) is 5.38. The number of hydrogen-bond acceptors (Lipinski definition) is 3. The number of thiophene rings is 1. The highest BCUT2D eigenvalue weighted by molar-refractivity contribution is 7.13. The number of amidine groups is 1. The van der Waals surface area contributed by atoms with Crippen molar-refractivity contribution in [2.75, 3.05) is 5.01 Å². The monoisotopic (exact) mass is 366 g/mol. The minimum absolute atomic E-state index is 0.718. The van der Waals surface area contributed by atoms with Crippen molar-refractivity contribution in [2.24, 2.45) is 4.99 Å². The summed E-state index contributed by atoms with van der Waals surface area (Å²) in [4.78, 5) is 6.07. The largest absolute Gasteiger partial charge is 0.229 e. The maximum atomic E-state index is 4.87. The lowest BCUT2D eigenvalue weighted by Crippen LogP contribution is -2.35. The Balaban J connectivity index is 1.66. The summed E-state index contributed by atoms with van der Waals surface area (Å²) in [5.41, 5.74) is 9.99. The molecule has 1 aromatic heterocycles. The molecule has 0 saturated heterocycles. The van der Waals surface area contributed by atoms with Crippen molar-refractivity contribution < 1.29 is 0 Å². The van der Waals surface area contributed by atoms with Crippen LogP contribution in [-0.2, 0) is 0 Å². The minimum Gasteiger partial charge on any atom is -0.229 e. The molecule has 0 amide bonds. The van der Waals surface area contributed by atoms with Gasteiger partial charge >= 0.3 is 0 Å². The zero-order chi connectivity index (χ0) is 18.1. The minimum atomic E-state index is 0.718. The summed E-state index contributed by atoms with van der Waals surface area (Å²) in [5, 5.41) is 4.08. The molecule has 0 spiro atoms. The fraction of sp³-hybridized carbons (Fsp3) is 0. The zero-order valence-electron chi connectivity index (χ0n) is 14.5. The first-order valence-corrected chi connectivity index (χ1v) is 9.65. The number of hydrogen-bond donors (Lipinski definition) is 0. The van der Waals surface area contributed by atoms with E-state index in [1.807, 2.05) is 53.5 Å². The lowest BCUT2D eigenvalue weighted by molar-refractivity contribution is 0.899. The summed E-state index contributed by atoms with van der Waals surface area (Å²) in [7, 11) is 0. The molecule has 0 bridgehead atoms. The van der Waals surface area contributed by atoms with E-state index in [0.717, 1.165) is 28.5 Å². The zero-order valence-corrected chi connectivity index (χ0v) is 15.3. The molecule has 4 heteroatoms. The quantitative estimate of drug-likeness (QED) is 0.427. The Morgan fingerprint density at radius 3 is 2.22 bits per heavy atom. The molecule has 5 rings (SSSR count). The second-order valence-corrected chi connectivity index (χ2v) is 7.18. The molecule has 27 heavy (non-hydrogen) atoms. The van der Waals surface area contributed by atoms with Gasteiger partial charge in [-0.1, -0.05) is 60.7 Å². The summed E-state index contributed by atoms with van der Waals surface area (Å²) >= 11 is 1.74.